The van der Waals surface area contributed by atoms with Gasteiger partial charge in [0.25, 0.3) is 0 Å². The minimum atomic E-state index is 0.729. The van der Waals surface area contributed by atoms with Crippen LogP contribution in [-0.4, -0.2) is 7.11 Å². The fourth-order valence-electron chi connectivity index (χ4n) is 2.22. The van der Waals surface area contributed by atoms with Crippen molar-refractivity contribution in [3.05, 3.63) is 53.8 Å². The van der Waals surface area contributed by atoms with E-state index in [0.717, 1.165) is 38.5 Å². The van der Waals surface area contributed by atoms with E-state index in [1.165, 1.54) is 12.0 Å². The smallest absolute Gasteiger partial charge is 0.179 e. The van der Waals surface area contributed by atoms with Crippen LogP contribution in [0.1, 0.15) is 11.1 Å². The lowest BCUT2D eigenvalue weighted by Crippen LogP contribution is -1.90. The van der Waals surface area contributed by atoms with Crippen molar-refractivity contribution in [3.63, 3.8) is 0 Å². The first-order chi connectivity index (χ1) is 10.2. The average molecular weight is 300 g/mol. The Morgan fingerprint density at radius 1 is 1.00 bits per heavy atom. The number of hydrogen-bond donors (Lipinski definition) is 0. The predicted octanol–water partition coefficient (Wildman–Crippen LogP) is 5.14. The van der Waals surface area contributed by atoms with Crippen molar-refractivity contribution in [2.75, 3.05) is 7.11 Å². The van der Waals surface area contributed by atoms with Gasteiger partial charge < -0.3 is 13.3 Å². The molecule has 0 N–H and O–H groups in total. The van der Waals surface area contributed by atoms with Crippen molar-refractivity contribution < 1.29 is 13.3 Å². The molecule has 0 spiro atoms. The van der Waals surface area contributed by atoms with Crippen LogP contribution in [0.25, 0.3) is 11.0 Å². The van der Waals surface area contributed by atoms with Gasteiger partial charge in [-0.15, -0.1) is 0 Å². The van der Waals surface area contributed by atoms with Crippen LogP contribution in [0, 0.1) is 13.8 Å². The zero-order valence-corrected chi connectivity index (χ0v) is 13.0. The van der Waals surface area contributed by atoms with Crippen molar-refractivity contribution in [1.82, 2.24) is 0 Å². The number of rotatable bonds is 4. The molecule has 21 heavy (non-hydrogen) atoms. The van der Waals surface area contributed by atoms with Crippen molar-refractivity contribution in [2.24, 2.45) is 0 Å². The van der Waals surface area contributed by atoms with E-state index < -0.39 is 0 Å². The summed E-state index contributed by atoms with van der Waals surface area (Å²) in [7, 11) is 1.64. The van der Waals surface area contributed by atoms with Crippen molar-refractivity contribution in [2.45, 2.75) is 18.7 Å². The zero-order chi connectivity index (χ0) is 14.8. The molecule has 0 saturated heterocycles. The maximum Gasteiger partial charge on any atom is 0.179 e. The van der Waals surface area contributed by atoms with Gasteiger partial charge in [0.1, 0.15) is 5.58 Å². The molecule has 0 bridgehead atoms. The van der Waals surface area contributed by atoms with Crippen LogP contribution in [0.4, 0.5) is 0 Å². The Morgan fingerprint density at radius 3 is 2.67 bits per heavy atom. The van der Waals surface area contributed by atoms with E-state index in [1.54, 1.807) is 13.4 Å². The third kappa shape index (κ3) is 2.85. The first-order valence-electron chi connectivity index (χ1n) is 6.64. The minimum absolute atomic E-state index is 0.729. The second-order valence-corrected chi connectivity index (χ2v) is 5.70. The second-order valence-electron chi connectivity index (χ2n) is 4.90. The Labute approximate surface area is 128 Å². The number of methoxy groups -OCH3 is 1. The molecule has 3 aromatic rings. The molecule has 0 amide bonds. The van der Waals surface area contributed by atoms with E-state index >= 15 is 0 Å². The topological polar surface area (TPSA) is 31.6 Å². The fraction of sp³-hybridized carbons (Fsp3) is 0.176. The molecule has 3 nitrogen and oxygen atoms in total. The lowest BCUT2D eigenvalue weighted by Gasteiger charge is -2.10. The summed E-state index contributed by atoms with van der Waals surface area (Å²) >= 11 is 1.32. The Hall–Kier alpha value is -2.07. The molecule has 0 atom stereocenters. The van der Waals surface area contributed by atoms with Gasteiger partial charge in [-0.3, -0.25) is 0 Å². The van der Waals surface area contributed by atoms with Crippen LogP contribution in [0.5, 0.6) is 11.5 Å². The van der Waals surface area contributed by atoms with Crippen LogP contribution in [0.15, 0.2) is 52.0 Å². The van der Waals surface area contributed by atoms with Crippen LogP contribution < -0.4 is 8.92 Å². The van der Waals surface area contributed by atoms with Gasteiger partial charge in [-0.25, -0.2) is 0 Å². The Kier molecular flexibility index (Phi) is 3.80. The normalized spacial score (nSPS) is 10.8. The number of fused-ring (bicyclic) bond motifs is 1. The summed E-state index contributed by atoms with van der Waals surface area (Å²) in [6.07, 6.45) is 1.70. The van der Waals surface area contributed by atoms with Crippen LogP contribution >= 0.6 is 12.0 Å². The summed E-state index contributed by atoms with van der Waals surface area (Å²) < 4.78 is 16.6. The summed E-state index contributed by atoms with van der Waals surface area (Å²) in [5.74, 6) is 1.46. The van der Waals surface area contributed by atoms with E-state index in [1.807, 2.05) is 38.1 Å². The van der Waals surface area contributed by atoms with E-state index in [2.05, 4.69) is 12.1 Å². The minimum Gasteiger partial charge on any atom is -0.493 e. The average Bonchev–Trinajstić information content (AvgIpc) is 2.94. The maximum atomic E-state index is 5.84. The summed E-state index contributed by atoms with van der Waals surface area (Å²) in [6, 6.07) is 11.9. The molecule has 1 heterocycles. The van der Waals surface area contributed by atoms with Gasteiger partial charge in [-0.2, -0.15) is 0 Å². The maximum absolute atomic E-state index is 5.84. The molecule has 0 saturated carbocycles. The van der Waals surface area contributed by atoms with Gasteiger partial charge in [0.15, 0.2) is 11.5 Å². The van der Waals surface area contributed by atoms with Gasteiger partial charge >= 0.3 is 0 Å². The van der Waals surface area contributed by atoms with E-state index in [4.69, 9.17) is 13.3 Å². The van der Waals surface area contributed by atoms with Crippen molar-refractivity contribution in [1.29, 1.82) is 0 Å². The first-order valence-corrected chi connectivity index (χ1v) is 7.38. The number of aryl methyl sites for hydroxylation is 2. The van der Waals surface area contributed by atoms with Gasteiger partial charge in [-0.1, -0.05) is 6.07 Å². The molecular weight excluding hydrogens is 284 g/mol. The Morgan fingerprint density at radius 2 is 1.86 bits per heavy atom. The third-order valence-electron chi connectivity index (χ3n) is 3.26. The molecule has 3 rings (SSSR count). The molecule has 0 unspecified atom stereocenters. The molecule has 4 heteroatoms. The van der Waals surface area contributed by atoms with Crippen molar-refractivity contribution in [3.8, 4) is 11.5 Å². The number of ether oxygens (including phenoxy) is 1. The third-order valence-corrected chi connectivity index (χ3v) is 3.95. The number of furan rings is 1. The van der Waals surface area contributed by atoms with E-state index in [0.29, 0.717) is 0 Å². The van der Waals surface area contributed by atoms with Gasteiger partial charge in [0.05, 0.1) is 25.4 Å². The molecule has 2 aromatic carbocycles. The molecule has 0 radical (unpaired) electrons. The molecule has 0 aliphatic rings. The highest BCUT2D eigenvalue weighted by atomic mass is 32.2. The summed E-state index contributed by atoms with van der Waals surface area (Å²) in [5.41, 5.74) is 3.15. The summed E-state index contributed by atoms with van der Waals surface area (Å²) in [6.45, 7) is 4.06. The Bertz CT molecular complexity index is 777. The van der Waals surface area contributed by atoms with Gasteiger partial charge in [-0.05, 0) is 55.3 Å². The Balaban J connectivity index is 1.84. The molecule has 0 fully saturated rings. The second kappa shape index (κ2) is 5.74. The number of benzene rings is 2. The summed E-state index contributed by atoms with van der Waals surface area (Å²) in [4.78, 5) is 1.03. The fourth-order valence-corrected chi connectivity index (χ4v) is 2.93. The van der Waals surface area contributed by atoms with Gasteiger partial charge in [0, 0.05) is 10.3 Å². The monoisotopic (exact) mass is 300 g/mol. The quantitative estimate of drug-likeness (QED) is 0.624. The highest BCUT2D eigenvalue weighted by molar-refractivity contribution is 7.95. The van der Waals surface area contributed by atoms with E-state index in [-0.39, 0.29) is 0 Å². The largest absolute Gasteiger partial charge is 0.493 e. The number of hydrogen-bond acceptors (Lipinski definition) is 4. The molecule has 1 aromatic heterocycles. The first kappa shape index (κ1) is 13.9. The molecular formula is C17H16O3S. The highest BCUT2D eigenvalue weighted by Gasteiger charge is 2.08. The standard InChI is InChI=1S/C17H16O3S/c1-11-4-5-15(18-3)16(8-11)20-21-14-9-12(2)17-13(10-14)6-7-19-17/h4-10H,1-3H3. The van der Waals surface area contributed by atoms with Crippen LogP contribution in [0.3, 0.4) is 0 Å². The van der Waals surface area contributed by atoms with Crippen molar-refractivity contribution >= 4 is 23.0 Å². The van der Waals surface area contributed by atoms with Crippen LogP contribution in [0.2, 0.25) is 0 Å². The van der Waals surface area contributed by atoms with Gasteiger partial charge in [0.2, 0.25) is 0 Å². The summed E-state index contributed by atoms with van der Waals surface area (Å²) in [5, 5.41) is 1.08. The molecule has 0 aliphatic carbocycles. The van der Waals surface area contributed by atoms with E-state index in [9.17, 15) is 0 Å². The predicted molar refractivity (Wildman–Crippen MR) is 85.2 cm³/mol. The SMILES string of the molecule is COc1ccc(C)cc1OSc1cc(C)c2occc2c1. The highest BCUT2D eigenvalue weighted by Crippen LogP contribution is 2.34. The van der Waals surface area contributed by atoms with Crippen LogP contribution in [-0.2, 0) is 0 Å². The lowest BCUT2D eigenvalue weighted by atomic mass is 10.2. The molecule has 0 aliphatic heterocycles. The zero-order valence-electron chi connectivity index (χ0n) is 12.2. The molecule has 108 valence electrons. The lowest BCUT2D eigenvalue weighted by molar-refractivity contribution is 0.399.